The lowest BCUT2D eigenvalue weighted by atomic mass is 10.1. The Balaban J connectivity index is 0.00000312. The van der Waals surface area contributed by atoms with Crippen molar-refractivity contribution in [2.75, 3.05) is 19.0 Å². The quantitative estimate of drug-likeness (QED) is 0.764. The average molecular weight is 387 g/mol. The molecule has 2 N–H and O–H groups in total. The topological polar surface area (TPSA) is 68.2 Å². The number of nitrogens with zero attached hydrogens (tertiary/aromatic N) is 2. The lowest BCUT2D eigenvalue weighted by Crippen LogP contribution is -2.30. The minimum atomic E-state index is -0.491. The highest BCUT2D eigenvalue weighted by Gasteiger charge is 2.20. The zero-order valence-electron chi connectivity index (χ0n) is 14.7. The molecule has 8 heteroatoms. The summed E-state index contributed by atoms with van der Waals surface area (Å²) >= 11 is 6.22. The van der Waals surface area contributed by atoms with E-state index >= 15 is 0 Å². The standard InChI is InChI=1S/C17H23ClN4O2.ClH/c1-11(2)10-24-15-6-5-13(7-14(15)18)21-17(23)16(19-3)12-8-20-22(4)9-12;/h5-9,11,16,19H,10H2,1-4H3,(H,21,23);1H. The zero-order chi connectivity index (χ0) is 17.7. The predicted octanol–water partition coefficient (Wildman–Crippen LogP) is 3.43. The highest BCUT2D eigenvalue weighted by molar-refractivity contribution is 6.32. The number of aryl methyl sites for hydroxylation is 1. The number of ether oxygens (including phenoxy) is 1. The van der Waals surface area contributed by atoms with Crippen molar-refractivity contribution in [1.82, 2.24) is 15.1 Å². The molecule has 0 aliphatic carbocycles. The first-order chi connectivity index (χ1) is 11.4. The molecule has 0 bridgehead atoms. The van der Waals surface area contributed by atoms with Crippen molar-refractivity contribution in [1.29, 1.82) is 0 Å². The van der Waals surface area contributed by atoms with Gasteiger partial charge in [0, 0.05) is 24.5 Å². The van der Waals surface area contributed by atoms with Gasteiger partial charge in [0.25, 0.3) is 0 Å². The van der Waals surface area contributed by atoms with E-state index in [4.69, 9.17) is 16.3 Å². The maximum Gasteiger partial charge on any atom is 0.246 e. The molecule has 0 saturated carbocycles. The zero-order valence-corrected chi connectivity index (χ0v) is 16.3. The Hall–Kier alpha value is -1.76. The maximum absolute atomic E-state index is 12.5. The molecule has 1 unspecified atom stereocenters. The Morgan fingerprint density at radius 3 is 2.64 bits per heavy atom. The van der Waals surface area contributed by atoms with Crippen molar-refractivity contribution in [3.05, 3.63) is 41.2 Å². The smallest absolute Gasteiger partial charge is 0.246 e. The summed E-state index contributed by atoms with van der Waals surface area (Å²) < 4.78 is 7.29. The van der Waals surface area contributed by atoms with E-state index in [-0.39, 0.29) is 18.3 Å². The molecule has 0 aliphatic heterocycles. The SMILES string of the molecule is CNC(C(=O)Nc1ccc(OCC(C)C)c(Cl)c1)c1cnn(C)c1.Cl. The number of anilines is 1. The van der Waals surface area contributed by atoms with Crippen molar-refractivity contribution in [2.24, 2.45) is 13.0 Å². The summed E-state index contributed by atoms with van der Waals surface area (Å²) in [5.74, 6) is 0.842. The summed E-state index contributed by atoms with van der Waals surface area (Å²) in [6.07, 6.45) is 3.47. The van der Waals surface area contributed by atoms with Gasteiger partial charge in [-0.25, -0.2) is 0 Å². The first-order valence-electron chi connectivity index (χ1n) is 7.79. The molecule has 25 heavy (non-hydrogen) atoms. The molecular weight excluding hydrogens is 363 g/mol. The minimum absolute atomic E-state index is 0. The van der Waals surface area contributed by atoms with Crippen molar-refractivity contribution in [2.45, 2.75) is 19.9 Å². The fraction of sp³-hybridized carbons (Fsp3) is 0.412. The molecule has 1 amide bonds. The highest BCUT2D eigenvalue weighted by atomic mass is 35.5. The Morgan fingerprint density at radius 2 is 2.12 bits per heavy atom. The molecule has 0 saturated heterocycles. The van der Waals surface area contributed by atoms with E-state index in [9.17, 15) is 4.79 Å². The molecule has 1 heterocycles. The van der Waals surface area contributed by atoms with Crippen LogP contribution in [-0.4, -0.2) is 29.3 Å². The van der Waals surface area contributed by atoms with E-state index in [1.807, 2.05) is 7.05 Å². The number of hydrogen-bond donors (Lipinski definition) is 2. The molecule has 0 aliphatic rings. The number of hydrogen-bond acceptors (Lipinski definition) is 4. The van der Waals surface area contributed by atoms with Gasteiger partial charge in [-0.2, -0.15) is 5.10 Å². The van der Waals surface area contributed by atoms with Gasteiger partial charge in [-0.15, -0.1) is 12.4 Å². The summed E-state index contributed by atoms with van der Waals surface area (Å²) in [7, 11) is 3.54. The summed E-state index contributed by atoms with van der Waals surface area (Å²) in [5, 5.41) is 10.4. The molecule has 1 aromatic carbocycles. The number of nitrogens with one attached hydrogen (secondary N) is 2. The molecule has 2 rings (SSSR count). The third-order valence-corrected chi connectivity index (χ3v) is 3.68. The fourth-order valence-electron chi connectivity index (χ4n) is 2.20. The van der Waals surface area contributed by atoms with Crippen LogP contribution in [0.1, 0.15) is 25.5 Å². The van der Waals surface area contributed by atoms with Gasteiger partial charge in [0.2, 0.25) is 5.91 Å². The lowest BCUT2D eigenvalue weighted by Gasteiger charge is -2.16. The number of likely N-dealkylation sites (N-methyl/N-ethyl adjacent to an activating group) is 1. The van der Waals surface area contributed by atoms with Crippen LogP contribution in [0.3, 0.4) is 0 Å². The molecule has 1 aromatic heterocycles. The first-order valence-corrected chi connectivity index (χ1v) is 8.17. The monoisotopic (exact) mass is 386 g/mol. The Bertz CT molecular complexity index is 704. The van der Waals surface area contributed by atoms with Crippen LogP contribution in [-0.2, 0) is 11.8 Å². The Morgan fingerprint density at radius 1 is 1.40 bits per heavy atom. The number of amides is 1. The van der Waals surface area contributed by atoms with Gasteiger partial charge in [-0.05, 0) is 31.2 Å². The van der Waals surface area contributed by atoms with Gasteiger partial charge < -0.3 is 15.4 Å². The van der Waals surface area contributed by atoms with E-state index in [1.54, 1.807) is 42.3 Å². The number of carbonyl (C=O) groups excluding carboxylic acids is 1. The van der Waals surface area contributed by atoms with E-state index < -0.39 is 6.04 Å². The number of carbonyl (C=O) groups is 1. The van der Waals surface area contributed by atoms with Gasteiger partial charge in [0.1, 0.15) is 11.8 Å². The van der Waals surface area contributed by atoms with Crippen molar-refractivity contribution in [3.63, 3.8) is 0 Å². The summed E-state index contributed by atoms with van der Waals surface area (Å²) in [5.41, 5.74) is 1.41. The van der Waals surface area contributed by atoms with Gasteiger partial charge in [-0.1, -0.05) is 25.4 Å². The average Bonchev–Trinajstić information content (AvgIpc) is 2.93. The third kappa shape index (κ3) is 5.92. The molecule has 2 aromatic rings. The molecular formula is C17H24Cl2N4O2. The summed E-state index contributed by atoms with van der Waals surface area (Å²) in [4.78, 5) is 12.5. The summed E-state index contributed by atoms with van der Waals surface area (Å²) in [6, 6.07) is 4.73. The van der Waals surface area contributed by atoms with Crippen LogP contribution in [0.2, 0.25) is 5.02 Å². The second-order valence-corrected chi connectivity index (χ2v) is 6.42. The van der Waals surface area contributed by atoms with E-state index in [0.29, 0.717) is 29.0 Å². The van der Waals surface area contributed by atoms with Gasteiger partial charge >= 0.3 is 0 Å². The number of benzene rings is 1. The second-order valence-electron chi connectivity index (χ2n) is 6.01. The Labute approximate surface area is 159 Å². The van der Waals surface area contributed by atoms with Crippen LogP contribution in [0, 0.1) is 5.92 Å². The molecule has 0 radical (unpaired) electrons. The lowest BCUT2D eigenvalue weighted by molar-refractivity contribution is -0.118. The van der Waals surface area contributed by atoms with Gasteiger partial charge in [0.05, 0.1) is 17.8 Å². The first kappa shape index (κ1) is 21.3. The van der Waals surface area contributed by atoms with Gasteiger partial charge in [-0.3, -0.25) is 9.48 Å². The van der Waals surface area contributed by atoms with E-state index in [0.717, 1.165) is 5.56 Å². The molecule has 1 atom stereocenters. The number of halogens is 2. The molecule has 0 fully saturated rings. The number of rotatable bonds is 7. The predicted molar refractivity (Wildman–Crippen MR) is 103 cm³/mol. The van der Waals surface area contributed by atoms with Crippen LogP contribution in [0.15, 0.2) is 30.6 Å². The minimum Gasteiger partial charge on any atom is -0.492 e. The van der Waals surface area contributed by atoms with Crippen LogP contribution in [0.4, 0.5) is 5.69 Å². The molecule has 0 spiro atoms. The van der Waals surface area contributed by atoms with Crippen molar-refractivity contribution >= 4 is 35.6 Å². The largest absolute Gasteiger partial charge is 0.492 e. The highest BCUT2D eigenvalue weighted by Crippen LogP contribution is 2.28. The van der Waals surface area contributed by atoms with E-state index in [1.165, 1.54) is 0 Å². The third-order valence-electron chi connectivity index (χ3n) is 3.38. The van der Waals surface area contributed by atoms with Crippen LogP contribution < -0.4 is 15.4 Å². The molecule has 138 valence electrons. The van der Waals surface area contributed by atoms with E-state index in [2.05, 4.69) is 29.6 Å². The van der Waals surface area contributed by atoms with Crippen LogP contribution >= 0.6 is 24.0 Å². The van der Waals surface area contributed by atoms with Crippen molar-refractivity contribution < 1.29 is 9.53 Å². The van der Waals surface area contributed by atoms with Crippen LogP contribution in [0.5, 0.6) is 5.75 Å². The molecule has 6 nitrogen and oxygen atoms in total. The normalized spacial score (nSPS) is 11.8. The second kappa shape index (κ2) is 9.65. The van der Waals surface area contributed by atoms with Gasteiger partial charge in [0.15, 0.2) is 0 Å². The number of aromatic nitrogens is 2. The fourth-order valence-corrected chi connectivity index (χ4v) is 2.44. The summed E-state index contributed by atoms with van der Waals surface area (Å²) in [6.45, 7) is 4.73. The Kier molecular flexibility index (Phi) is 8.22. The van der Waals surface area contributed by atoms with Crippen molar-refractivity contribution in [3.8, 4) is 5.75 Å². The maximum atomic E-state index is 12.5. The van der Waals surface area contributed by atoms with Crippen LogP contribution in [0.25, 0.3) is 0 Å².